The van der Waals surface area contributed by atoms with Crippen molar-refractivity contribution in [3.05, 3.63) is 41.8 Å². The number of para-hydroxylation sites is 2. The first-order valence-corrected chi connectivity index (χ1v) is 5.63. The summed E-state index contributed by atoms with van der Waals surface area (Å²) < 4.78 is 45.3. The highest BCUT2D eigenvalue weighted by atomic mass is 19.4. The molecule has 2 aromatic rings. The monoisotopic (exact) mass is 302 g/mol. The number of anilines is 1. The van der Waals surface area contributed by atoms with Crippen molar-refractivity contribution < 1.29 is 32.3 Å². The maximum absolute atomic E-state index is 12.2. The molecule has 1 heterocycles. The number of nitrogens with one attached hydrogen (secondary N) is 1. The molecule has 0 saturated heterocycles. The molecule has 0 saturated carbocycles. The fourth-order valence-corrected chi connectivity index (χ4v) is 1.51. The van der Waals surface area contributed by atoms with E-state index in [1.807, 2.05) is 0 Å². The minimum Gasteiger partial charge on any atom is -0.476 e. The van der Waals surface area contributed by atoms with E-state index in [2.05, 4.69) is 15.2 Å². The molecule has 1 aromatic carbocycles. The van der Waals surface area contributed by atoms with Crippen molar-refractivity contribution in [1.82, 2.24) is 5.16 Å². The lowest BCUT2D eigenvalue weighted by Crippen LogP contribution is -2.18. The van der Waals surface area contributed by atoms with Crippen LogP contribution in [0.1, 0.15) is 16.2 Å². The zero-order valence-electron chi connectivity index (χ0n) is 10.3. The van der Waals surface area contributed by atoms with E-state index in [9.17, 15) is 18.0 Å². The Morgan fingerprint density at radius 2 is 2.10 bits per heavy atom. The number of hydrogen-bond donors (Lipinski definition) is 2. The fourth-order valence-electron chi connectivity index (χ4n) is 1.51. The van der Waals surface area contributed by atoms with Crippen molar-refractivity contribution in [3.8, 4) is 5.75 Å². The summed E-state index contributed by atoms with van der Waals surface area (Å²) in [5.74, 6) is -1.50. The molecule has 6 nitrogen and oxygen atoms in total. The van der Waals surface area contributed by atoms with Gasteiger partial charge in [0.05, 0.1) is 12.2 Å². The van der Waals surface area contributed by atoms with Gasteiger partial charge < -0.3 is 19.7 Å². The largest absolute Gasteiger partial charge is 0.573 e. The lowest BCUT2D eigenvalue weighted by Gasteiger charge is -2.13. The average molecular weight is 302 g/mol. The number of alkyl halides is 3. The topological polar surface area (TPSA) is 84.6 Å². The molecule has 2 rings (SSSR count). The number of carboxylic acids is 1. The van der Waals surface area contributed by atoms with Crippen LogP contribution in [0.4, 0.5) is 18.9 Å². The maximum atomic E-state index is 12.2. The average Bonchev–Trinajstić information content (AvgIpc) is 2.85. The first-order chi connectivity index (χ1) is 9.85. The van der Waals surface area contributed by atoms with Crippen LogP contribution in [0.15, 0.2) is 34.9 Å². The Morgan fingerprint density at radius 3 is 2.71 bits per heavy atom. The van der Waals surface area contributed by atoms with Crippen molar-refractivity contribution in [2.24, 2.45) is 0 Å². The van der Waals surface area contributed by atoms with Crippen LogP contribution in [-0.2, 0) is 6.54 Å². The molecule has 0 fully saturated rings. The van der Waals surface area contributed by atoms with Crippen LogP contribution in [0.5, 0.6) is 5.75 Å². The van der Waals surface area contributed by atoms with Crippen molar-refractivity contribution in [1.29, 1.82) is 0 Å². The number of rotatable bonds is 5. The van der Waals surface area contributed by atoms with Gasteiger partial charge in [0.2, 0.25) is 0 Å². The molecule has 21 heavy (non-hydrogen) atoms. The van der Waals surface area contributed by atoms with E-state index in [1.165, 1.54) is 24.3 Å². The van der Waals surface area contributed by atoms with Gasteiger partial charge in [-0.05, 0) is 12.1 Å². The van der Waals surface area contributed by atoms with Gasteiger partial charge >= 0.3 is 12.3 Å². The Hall–Kier alpha value is -2.71. The highest BCUT2D eigenvalue weighted by Gasteiger charge is 2.32. The Kier molecular flexibility index (Phi) is 4.01. The Morgan fingerprint density at radius 1 is 1.38 bits per heavy atom. The van der Waals surface area contributed by atoms with E-state index >= 15 is 0 Å². The standard InChI is InChI=1S/C12H9F3N2O4/c13-12(14,15)20-10-4-2-1-3-8(10)16-6-7-5-9(11(18)19)17-21-7/h1-5,16H,6H2,(H,18,19). The lowest BCUT2D eigenvalue weighted by atomic mass is 10.3. The molecule has 1 aromatic heterocycles. The van der Waals surface area contributed by atoms with Crippen molar-refractivity contribution in [3.63, 3.8) is 0 Å². The second-order valence-electron chi connectivity index (χ2n) is 3.88. The van der Waals surface area contributed by atoms with Gasteiger partial charge in [0.15, 0.2) is 17.2 Å². The summed E-state index contributed by atoms with van der Waals surface area (Å²) >= 11 is 0. The zero-order valence-corrected chi connectivity index (χ0v) is 10.3. The summed E-state index contributed by atoms with van der Waals surface area (Å²) in [5, 5.41) is 14.6. The predicted molar refractivity (Wildman–Crippen MR) is 63.9 cm³/mol. The molecule has 2 N–H and O–H groups in total. The molecule has 0 radical (unpaired) electrons. The van der Waals surface area contributed by atoms with Gasteiger partial charge in [-0.2, -0.15) is 0 Å². The van der Waals surface area contributed by atoms with Crippen molar-refractivity contribution in [2.75, 3.05) is 5.32 Å². The molecule has 0 aliphatic carbocycles. The summed E-state index contributed by atoms with van der Waals surface area (Å²) in [6.07, 6.45) is -4.81. The van der Waals surface area contributed by atoms with Crippen LogP contribution >= 0.6 is 0 Å². The van der Waals surface area contributed by atoms with E-state index in [1.54, 1.807) is 0 Å². The fraction of sp³-hybridized carbons (Fsp3) is 0.167. The summed E-state index contributed by atoms with van der Waals surface area (Å²) in [6, 6.07) is 6.62. The first-order valence-electron chi connectivity index (χ1n) is 5.63. The SMILES string of the molecule is O=C(O)c1cc(CNc2ccccc2OC(F)(F)F)on1. The van der Waals surface area contributed by atoms with Gasteiger partial charge in [-0.15, -0.1) is 13.2 Å². The molecule has 0 aliphatic heterocycles. The van der Waals surface area contributed by atoms with Gasteiger partial charge in [0.25, 0.3) is 0 Å². The molecule has 0 atom stereocenters. The smallest absolute Gasteiger partial charge is 0.476 e. The number of benzene rings is 1. The third-order valence-electron chi connectivity index (χ3n) is 2.34. The minimum atomic E-state index is -4.81. The molecule has 0 unspecified atom stereocenters. The minimum absolute atomic E-state index is 0.0431. The molecule has 0 spiro atoms. The second-order valence-corrected chi connectivity index (χ2v) is 3.88. The quantitative estimate of drug-likeness (QED) is 0.883. The summed E-state index contributed by atoms with van der Waals surface area (Å²) in [5.41, 5.74) is -0.199. The van der Waals surface area contributed by atoms with E-state index in [-0.39, 0.29) is 23.7 Å². The molecular weight excluding hydrogens is 293 g/mol. The molecular formula is C12H9F3N2O4. The molecule has 0 amide bonds. The number of aromatic nitrogens is 1. The molecule has 0 bridgehead atoms. The third kappa shape index (κ3) is 4.13. The normalized spacial score (nSPS) is 11.2. The van der Waals surface area contributed by atoms with E-state index in [0.29, 0.717) is 0 Å². The highest BCUT2D eigenvalue weighted by Crippen LogP contribution is 2.30. The summed E-state index contributed by atoms with van der Waals surface area (Å²) in [7, 11) is 0. The van der Waals surface area contributed by atoms with Crippen LogP contribution in [0.2, 0.25) is 0 Å². The number of hydrogen-bond acceptors (Lipinski definition) is 5. The summed E-state index contributed by atoms with van der Waals surface area (Å²) in [4.78, 5) is 10.6. The zero-order chi connectivity index (χ0) is 15.5. The number of carbonyl (C=O) groups is 1. The van der Waals surface area contributed by atoms with Gasteiger partial charge in [0, 0.05) is 6.07 Å². The molecule has 112 valence electrons. The Balaban J connectivity index is 2.07. The van der Waals surface area contributed by atoms with E-state index in [4.69, 9.17) is 9.63 Å². The van der Waals surface area contributed by atoms with Crippen LogP contribution < -0.4 is 10.1 Å². The first kappa shape index (κ1) is 14.7. The van der Waals surface area contributed by atoms with Crippen LogP contribution in [-0.4, -0.2) is 22.6 Å². The number of nitrogens with zero attached hydrogens (tertiary/aromatic N) is 1. The number of halogens is 3. The van der Waals surface area contributed by atoms with Crippen LogP contribution in [0, 0.1) is 0 Å². The van der Waals surface area contributed by atoms with Gasteiger partial charge in [-0.1, -0.05) is 17.3 Å². The third-order valence-corrected chi connectivity index (χ3v) is 2.34. The Labute approximate surface area is 116 Å². The maximum Gasteiger partial charge on any atom is 0.573 e. The van der Waals surface area contributed by atoms with Gasteiger partial charge in [-0.25, -0.2) is 4.79 Å². The Bertz CT molecular complexity index is 639. The number of carboxylic acid groups (broad SMARTS) is 1. The van der Waals surface area contributed by atoms with Crippen LogP contribution in [0.3, 0.4) is 0 Å². The number of aromatic carboxylic acids is 1. The van der Waals surface area contributed by atoms with E-state index in [0.717, 1.165) is 6.07 Å². The number of ether oxygens (including phenoxy) is 1. The van der Waals surface area contributed by atoms with E-state index < -0.39 is 18.1 Å². The lowest BCUT2D eigenvalue weighted by molar-refractivity contribution is -0.274. The van der Waals surface area contributed by atoms with Gasteiger partial charge in [-0.3, -0.25) is 0 Å². The van der Waals surface area contributed by atoms with Crippen LogP contribution in [0.25, 0.3) is 0 Å². The van der Waals surface area contributed by atoms with Gasteiger partial charge in [0.1, 0.15) is 0 Å². The van der Waals surface area contributed by atoms with Crippen molar-refractivity contribution in [2.45, 2.75) is 12.9 Å². The molecule has 0 aliphatic rings. The highest BCUT2D eigenvalue weighted by molar-refractivity contribution is 5.85. The molecule has 9 heteroatoms. The second kappa shape index (κ2) is 5.73. The van der Waals surface area contributed by atoms with Crippen molar-refractivity contribution >= 4 is 11.7 Å². The predicted octanol–water partition coefficient (Wildman–Crippen LogP) is 2.88. The summed E-state index contributed by atoms with van der Waals surface area (Å²) in [6.45, 7) is -0.0431.